The van der Waals surface area contributed by atoms with Gasteiger partial charge in [-0.3, -0.25) is 0 Å². The lowest BCUT2D eigenvalue weighted by Crippen LogP contribution is -2.28. The lowest BCUT2D eigenvalue weighted by atomic mass is 9.85. The maximum absolute atomic E-state index is 4.42. The molecule has 258 valence electrons. The molecule has 3 heteroatoms. The summed E-state index contributed by atoms with van der Waals surface area (Å²) < 4.78 is 0. The van der Waals surface area contributed by atoms with Gasteiger partial charge in [0.05, 0.1) is 11.0 Å². The molecular weight excluding hydrogens is 604 g/mol. The molecule has 0 aliphatic heterocycles. The third kappa shape index (κ3) is 7.30. The van der Waals surface area contributed by atoms with E-state index in [1.54, 1.807) is 43.5 Å². The summed E-state index contributed by atoms with van der Waals surface area (Å²) in [5.74, 6) is 0. The molecule has 1 N–H and O–H groups in total. The monoisotopic (exact) mass is 671 g/mol. The number of fused-ring (bicyclic) bond motifs is 3. The molecule has 1 heterocycles. The largest absolute Gasteiger partial charge is 0.353 e. The highest BCUT2D eigenvalue weighted by molar-refractivity contribution is 7.68. The molecule has 0 spiro atoms. The minimum atomic E-state index is -0.198. The average Bonchev–Trinajstić information content (AvgIpc) is 3.45. The Hall–Kier alpha value is -0.900. The Balaban J connectivity index is 1.50. The highest BCUT2D eigenvalue weighted by Crippen LogP contribution is 2.58. The molecule has 3 aromatic rings. The van der Waals surface area contributed by atoms with Gasteiger partial charge in [-0.2, -0.15) is 0 Å². The Morgan fingerprint density at radius 2 is 0.702 bits per heavy atom. The molecule has 0 atom stereocenters. The van der Waals surface area contributed by atoms with Crippen LogP contribution in [0.2, 0.25) is 0 Å². The first-order valence-corrected chi connectivity index (χ1v) is 23.3. The molecule has 4 saturated carbocycles. The zero-order valence-corrected chi connectivity index (χ0v) is 32.9. The van der Waals surface area contributed by atoms with E-state index in [0.717, 1.165) is 22.6 Å². The lowest BCUT2D eigenvalue weighted by molar-refractivity contribution is 0.487. The maximum Gasteiger partial charge on any atom is 0.0543 e. The summed E-state index contributed by atoms with van der Waals surface area (Å²) in [5.41, 5.74) is 10.2. The summed E-state index contributed by atoms with van der Waals surface area (Å²) in [6, 6.07) is 10.9. The van der Waals surface area contributed by atoms with Crippen molar-refractivity contribution in [2.75, 3.05) is 0 Å². The van der Waals surface area contributed by atoms with Crippen LogP contribution in [0.15, 0.2) is 24.3 Å². The molecule has 1 aromatic heterocycles. The van der Waals surface area contributed by atoms with Crippen LogP contribution < -0.4 is 10.6 Å². The second-order valence-corrected chi connectivity index (χ2v) is 24.0. The van der Waals surface area contributed by atoms with Crippen LogP contribution in [0.3, 0.4) is 0 Å². The van der Waals surface area contributed by atoms with Crippen LogP contribution in [0.4, 0.5) is 0 Å². The van der Waals surface area contributed by atoms with Crippen molar-refractivity contribution in [3.63, 3.8) is 0 Å². The number of benzene rings is 2. The van der Waals surface area contributed by atoms with E-state index >= 15 is 0 Å². The minimum Gasteiger partial charge on any atom is -0.353 e. The fourth-order valence-corrected chi connectivity index (χ4v) is 18.1. The molecule has 4 aliphatic carbocycles. The Bertz CT molecular complexity index is 1350. The maximum atomic E-state index is 4.42. The molecule has 4 aliphatic rings. The van der Waals surface area contributed by atoms with Crippen LogP contribution in [0.5, 0.6) is 0 Å². The van der Waals surface area contributed by atoms with E-state index in [4.69, 9.17) is 0 Å². The molecule has 0 saturated heterocycles. The first kappa shape index (κ1) is 34.5. The van der Waals surface area contributed by atoms with Gasteiger partial charge in [0.2, 0.25) is 0 Å². The molecule has 1 nitrogen and oxygen atoms in total. The second-order valence-electron chi connectivity index (χ2n) is 18.4. The van der Waals surface area contributed by atoms with Crippen LogP contribution in [-0.4, -0.2) is 27.6 Å². The topological polar surface area (TPSA) is 15.8 Å². The molecule has 0 unspecified atom stereocenters. The fraction of sp³-hybridized carbons (Fsp3) is 0.727. The Morgan fingerprint density at radius 3 is 0.957 bits per heavy atom. The second kappa shape index (κ2) is 14.4. The summed E-state index contributed by atoms with van der Waals surface area (Å²) in [7, 11) is -0.395. The van der Waals surface area contributed by atoms with Crippen LogP contribution in [0.1, 0.15) is 181 Å². The predicted octanol–water partition coefficient (Wildman–Crippen LogP) is 13.5. The number of aromatic amines is 1. The van der Waals surface area contributed by atoms with E-state index in [1.165, 1.54) is 128 Å². The number of rotatable bonds is 6. The highest BCUT2D eigenvalue weighted by Gasteiger charge is 2.37. The van der Waals surface area contributed by atoms with Crippen molar-refractivity contribution in [2.24, 2.45) is 0 Å². The van der Waals surface area contributed by atoms with Gasteiger partial charge in [-0.25, -0.2) is 0 Å². The van der Waals surface area contributed by atoms with Gasteiger partial charge in [0, 0.05) is 21.4 Å². The minimum absolute atomic E-state index is 0.147. The van der Waals surface area contributed by atoms with Crippen LogP contribution in [0, 0.1) is 0 Å². The zero-order chi connectivity index (χ0) is 32.8. The van der Waals surface area contributed by atoms with Gasteiger partial charge in [-0.05, 0) is 120 Å². The summed E-state index contributed by atoms with van der Waals surface area (Å²) in [6.45, 7) is 14.8. The molecule has 0 bridgehead atoms. The van der Waals surface area contributed by atoms with Crippen LogP contribution >= 0.6 is 15.8 Å². The predicted molar refractivity (Wildman–Crippen MR) is 214 cm³/mol. The number of aromatic nitrogens is 1. The van der Waals surface area contributed by atoms with Crippen molar-refractivity contribution in [2.45, 2.75) is 203 Å². The smallest absolute Gasteiger partial charge is 0.0543 e. The number of hydrogen-bond donors (Lipinski definition) is 1. The van der Waals surface area contributed by atoms with E-state index in [-0.39, 0.29) is 26.7 Å². The lowest BCUT2D eigenvalue weighted by Gasteiger charge is -2.39. The van der Waals surface area contributed by atoms with Gasteiger partial charge in [-0.15, -0.1) is 0 Å². The van der Waals surface area contributed by atoms with Crippen LogP contribution in [-0.2, 0) is 10.8 Å². The van der Waals surface area contributed by atoms with E-state index < -0.39 is 0 Å². The number of hydrogen-bond acceptors (Lipinski definition) is 0. The molecule has 7 rings (SSSR count). The average molecular weight is 672 g/mol. The fourth-order valence-electron chi connectivity index (χ4n) is 10.2. The SMILES string of the molecule is CC(C)(C)c1cc(P(C2CCCCC2)C2CCCCC2)c2[nH]c3c(P(C4CCCCC4)C4CCCCC4)cc(C(C)(C)C)cc3c2c1. The summed E-state index contributed by atoms with van der Waals surface area (Å²) in [5, 5.41) is 6.69. The molecule has 0 amide bonds. The number of nitrogens with one attached hydrogen (secondary N) is 1. The van der Waals surface area contributed by atoms with Crippen molar-refractivity contribution in [3.05, 3.63) is 35.4 Å². The highest BCUT2D eigenvalue weighted by atomic mass is 31.1. The summed E-state index contributed by atoms with van der Waals surface area (Å²) in [4.78, 5) is 4.42. The van der Waals surface area contributed by atoms with Gasteiger partial charge >= 0.3 is 0 Å². The summed E-state index contributed by atoms with van der Waals surface area (Å²) >= 11 is 0. The van der Waals surface area contributed by atoms with Gasteiger partial charge in [0.15, 0.2) is 0 Å². The van der Waals surface area contributed by atoms with Crippen molar-refractivity contribution in [1.82, 2.24) is 4.98 Å². The summed E-state index contributed by atoms with van der Waals surface area (Å²) in [6.07, 6.45) is 29.2. The first-order valence-electron chi connectivity index (χ1n) is 20.3. The molecule has 47 heavy (non-hydrogen) atoms. The van der Waals surface area contributed by atoms with Gasteiger partial charge in [0.1, 0.15) is 0 Å². The van der Waals surface area contributed by atoms with E-state index in [0.29, 0.717) is 0 Å². The third-order valence-corrected chi connectivity index (χ3v) is 20.0. The van der Waals surface area contributed by atoms with Gasteiger partial charge in [0.25, 0.3) is 0 Å². The quantitative estimate of drug-likeness (QED) is 0.251. The molecule has 4 fully saturated rings. The van der Waals surface area contributed by atoms with Crippen LogP contribution in [0.25, 0.3) is 21.8 Å². The van der Waals surface area contributed by atoms with Crippen molar-refractivity contribution in [3.8, 4) is 0 Å². The van der Waals surface area contributed by atoms with Gasteiger partial charge in [-0.1, -0.05) is 134 Å². The first-order chi connectivity index (χ1) is 22.6. The van der Waals surface area contributed by atoms with E-state index in [2.05, 4.69) is 70.8 Å². The molecular formula is C44H67NP2. The Morgan fingerprint density at radius 1 is 0.426 bits per heavy atom. The van der Waals surface area contributed by atoms with Crippen molar-refractivity contribution < 1.29 is 0 Å². The van der Waals surface area contributed by atoms with Gasteiger partial charge < -0.3 is 4.98 Å². The number of H-pyrrole nitrogens is 1. The van der Waals surface area contributed by atoms with E-state index in [9.17, 15) is 0 Å². The Labute approximate surface area is 291 Å². The Kier molecular flexibility index (Phi) is 10.6. The van der Waals surface area contributed by atoms with Crippen molar-refractivity contribution in [1.29, 1.82) is 0 Å². The molecule has 0 radical (unpaired) electrons. The third-order valence-electron chi connectivity index (χ3n) is 12.9. The van der Waals surface area contributed by atoms with Crippen molar-refractivity contribution >= 4 is 48.3 Å². The zero-order valence-electron chi connectivity index (χ0n) is 31.2. The standard InChI is InChI=1S/C44H67NP2/c1-43(2,3)31-27-37-38-28-32(44(4,5)6)30-40(47(35-23-15-9-16-24-35)36-25-17-10-18-26-36)42(38)45-41(37)39(29-31)46(33-19-11-7-12-20-33)34-21-13-8-14-22-34/h27-30,33-36,45H,7-26H2,1-6H3. The normalized spacial score (nSPS) is 22.3. The molecule has 2 aromatic carbocycles. The van der Waals surface area contributed by atoms with E-state index in [1.807, 2.05) is 0 Å².